The second-order valence-electron chi connectivity index (χ2n) is 5.30. The van der Waals surface area contributed by atoms with Gasteiger partial charge in [0.2, 0.25) is 5.91 Å². The van der Waals surface area contributed by atoms with Gasteiger partial charge < -0.3 is 14.8 Å². The summed E-state index contributed by atoms with van der Waals surface area (Å²) >= 11 is 3.29. The normalized spacial score (nSPS) is 10.7. The second kappa shape index (κ2) is 7.38. The van der Waals surface area contributed by atoms with Crippen LogP contribution >= 0.6 is 15.9 Å². The first-order valence-electron chi connectivity index (χ1n) is 6.83. The van der Waals surface area contributed by atoms with Crippen LogP contribution in [0.3, 0.4) is 0 Å². The maximum absolute atomic E-state index is 12.1. The van der Waals surface area contributed by atoms with Gasteiger partial charge in [0.1, 0.15) is 6.54 Å². The molecule has 0 aliphatic heterocycles. The van der Waals surface area contributed by atoms with Crippen LogP contribution in [0.4, 0.5) is 5.69 Å². The number of hydrogen-bond donors (Lipinski definition) is 1. The number of anilines is 1. The third-order valence-corrected chi connectivity index (χ3v) is 3.44. The molecule has 0 spiro atoms. The average molecular weight is 364 g/mol. The molecule has 1 aromatic heterocycles. The lowest BCUT2D eigenvalue weighted by atomic mass is 10.2. The van der Waals surface area contributed by atoms with E-state index < -0.39 is 0 Å². The fraction of sp³-hybridized carbons (Fsp3) is 0.250. The van der Waals surface area contributed by atoms with E-state index in [2.05, 4.69) is 26.1 Å². The quantitative estimate of drug-likeness (QED) is 0.886. The monoisotopic (exact) mass is 363 g/mol. The van der Waals surface area contributed by atoms with Crippen LogP contribution in [-0.2, 0) is 17.9 Å². The third-order valence-electron chi connectivity index (χ3n) is 2.97. The number of hydrogen-bond acceptors (Lipinski definition) is 3. The summed E-state index contributed by atoms with van der Waals surface area (Å²) in [6.45, 7) is 0.783. The minimum atomic E-state index is -0.234. The van der Waals surface area contributed by atoms with Gasteiger partial charge in [-0.1, -0.05) is 12.1 Å². The van der Waals surface area contributed by atoms with Gasteiger partial charge in [0.05, 0.1) is 0 Å². The molecule has 0 fully saturated rings. The molecular formula is C16H18BrN3O2. The second-order valence-corrected chi connectivity index (χ2v) is 6.22. The summed E-state index contributed by atoms with van der Waals surface area (Å²) < 4.78 is 2.12. The molecule has 0 aliphatic rings. The molecule has 0 unspecified atom stereocenters. The molecule has 0 bridgehead atoms. The predicted molar refractivity (Wildman–Crippen MR) is 90.9 cm³/mol. The summed E-state index contributed by atoms with van der Waals surface area (Å²) in [5.41, 5.74) is 1.63. The molecule has 116 valence electrons. The first kappa shape index (κ1) is 16.5. The SMILES string of the molecule is CN(C)Cc1cccc(NC(=O)Cn2cc(Br)ccc2=O)c1. The number of pyridine rings is 1. The molecule has 6 heteroatoms. The number of aromatic nitrogens is 1. The number of rotatable bonds is 5. The first-order valence-corrected chi connectivity index (χ1v) is 7.63. The Hall–Kier alpha value is -1.92. The summed E-state index contributed by atoms with van der Waals surface area (Å²) in [5, 5.41) is 2.82. The first-order chi connectivity index (χ1) is 10.4. The minimum Gasteiger partial charge on any atom is -0.325 e. The van der Waals surface area contributed by atoms with E-state index in [0.29, 0.717) is 0 Å². The van der Waals surface area contributed by atoms with E-state index in [1.54, 1.807) is 12.3 Å². The van der Waals surface area contributed by atoms with Crippen molar-refractivity contribution in [2.24, 2.45) is 0 Å². The molecule has 0 saturated heterocycles. The van der Waals surface area contributed by atoms with Gasteiger partial charge in [-0.05, 0) is 53.8 Å². The molecule has 2 aromatic rings. The molecule has 0 radical (unpaired) electrons. The van der Waals surface area contributed by atoms with E-state index in [4.69, 9.17) is 0 Å². The van der Waals surface area contributed by atoms with Crippen molar-refractivity contribution in [3.63, 3.8) is 0 Å². The minimum absolute atomic E-state index is 0.0177. The molecule has 1 N–H and O–H groups in total. The summed E-state index contributed by atoms with van der Waals surface area (Å²) in [7, 11) is 3.98. The molecule has 2 rings (SSSR count). The Morgan fingerprint density at radius 1 is 1.27 bits per heavy atom. The highest BCUT2D eigenvalue weighted by Crippen LogP contribution is 2.12. The van der Waals surface area contributed by atoms with Crippen LogP contribution in [0.5, 0.6) is 0 Å². The topological polar surface area (TPSA) is 54.3 Å². The molecule has 22 heavy (non-hydrogen) atoms. The lowest BCUT2D eigenvalue weighted by Crippen LogP contribution is -2.26. The average Bonchev–Trinajstić information content (AvgIpc) is 2.42. The third kappa shape index (κ3) is 4.82. The molecule has 0 atom stereocenters. The van der Waals surface area contributed by atoms with Crippen molar-refractivity contribution in [3.05, 3.63) is 63.0 Å². The maximum atomic E-state index is 12.1. The largest absolute Gasteiger partial charge is 0.325 e. The van der Waals surface area contributed by atoms with Crippen molar-refractivity contribution in [1.29, 1.82) is 0 Å². The Bertz CT molecular complexity index is 725. The fourth-order valence-corrected chi connectivity index (χ4v) is 2.47. The number of carbonyl (C=O) groups excluding carboxylic acids is 1. The maximum Gasteiger partial charge on any atom is 0.251 e. The lowest BCUT2D eigenvalue weighted by molar-refractivity contribution is -0.116. The van der Waals surface area contributed by atoms with Gasteiger partial charge in [-0.2, -0.15) is 0 Å². The molecule has 5 nitrogen and oxygen atoms in total. The van der Waals surface area contributed by atoms with E-state index >= 15 is 0 Å². The van der Waals surface area contributed by atoms with E-state index in [-0.39, 0.29) is 18.0 Å². The summed E-state index contributed by atoms with van der Waals surface area (Å²) in [5.74, 6) is -0.234. The van der Waals surface area contributed by atoms with Crippen molar-refractivity contribution in [1.82, 2.24) is 9.47 Å². The molecule has 1 amide bonds. The highest BCUT2D eigenvalue weighted by atomic mass is 79.9. The zero-order valence-electron chi connectivity index (χ0n) is 12.5. The Balaban J connectivity index is 2.06. The summed E-state index contributed by atoms with van der Waals surface area (Å²) in [6.07, 6.45) is 1.60. The van der Waals surface area contributed by atoms with Crippen molar-refractivity contribution in [3.8, 4) is 0 Å². The van der Waals surface area contributed by atoms with Gasteiger partial charge in [0.25, 0.3) is 5.56 Å². The number of halogens is 1. The highest BCUT2D eigenvalue weighted by Gasteiger charge is 2.06. The van der Waals surface area contributed by atoms with Crippen LogP contribution in [0.25, 0.3) is 0 Å². The Kier molecular flexibility index (Phi) is 5.51. The number of benzene rings is 1. The molecule has 1 aromatic carbocycles. The molecule has 0 aliphatic carbocycles. The van der Waals surface area contributed by atoms with Crippen molar-refractivity contribution < 1.29 is 4.79 Å². The van der Waals surface area contributed by atoms with Crippen molar-refractivity contribution >= 4 is 27.5 Å². The van der Waals surface area contributed by atoms with Gasteiger partial charge in [-0.25, -0.2) is 0 Å². The Morgan fingerprint density at radius 3 is 2.77 bits per heavy atom. The van der Waals surface area contributed by atoms with Gasteiger partial charge in [-0.3, -0.25) is 9.59 Å². The van der Waals surface area contributed by atoms with Gasteiger partial charge in [0.15, 0.2) is 0 Å². The Labute approximate surface area is 137 Å². The van der Waals surface area contributed by atoms with E-state index in [9.17, 15) is 9.59 Å². The predicted octanol–water partition coefficient (Wildman–Crippen LogP) is 2.31. The molecule has 1 heterocycles. The summed E-state index contributed by atoms with van der Waals surface area (Å²) in [6, 6.07) is 10.8. The number of carbonyl (C=O) groups is 1. The standard InChI is InChI=1S/C16H18BrN3O2/c1-19(2)9-12-4-3-5-14(8-12)18-15(21)11-20-10-13(17)6-7-16(20)22/h3-8,10H,9,11H2,1-2H3,(H,18,21). The smallest absolute Gasteiger partial charge is 0.251 e. The van der Waals surface area contributed by atoms with E-state index in [0.717, 1.165) is 22.3 Å². The van der Waals surface area contributed by atoms with Crippen LogP contribution in [0.1, 0.15) is 5.56 Å². The summed E-state index contributed by atoms with van der Waals surface area (Å²) in [4.78, 5) is 25.8. The van der Waals surface area contributed by atoms with Gasteiger partial charge in [0, 0.05) is 29.0 Å². The zero-order valence-corrected chi connectivity index (χ0v) is 14.1. The molecular weight excluding hydrogens is 346 g/mol. The Morgan fingerprint density at radius 2 is 2.05 bits per heavy atom. The van der Waals surface area contributed by atoms with Crippen LogP contribution < -0.4 is 10.9 Å². The molecule has 0 saturated carbocycles. The van der Waals surface area contributed by atoms with Gasteiger partial charge >= 0.3 is 0 Å². The zero-order chi connectivity index (χ0) is 16.1. The van der Waals surface area contributed by atoms with Crippen LogP contribution in [0.15, 0.2) is 51.9 Å². The fourth-order valence-electron chi connectivity index (χ4n) is 2.09. The lowest BCUT2D eigenvalue weighted by Gasteiger charge is -2.12. The van der Waals surface area contributed by atoms with Crippen molar-refractivity contribution in [2.75, 3.05) is 19.4 Å². The highest BCUT2D eigenvalue weighted by molar-refractivity contribution is 9.10. The van der Waals surface area contributed by atoms with Crippen LogP contribution in [0, 0.1) is 0 Å². The number of amides is 1. The van der Waals surface area contributed by atoms with Gasteiger partial charge in [-0.15, -0.1) is 0 Å². The van der Waals surface area contributed by atoms with Crippen LogP contribution in [0.2, 0.25) is 0 Å². The number of nitrogens with one attached hydrogen (secondary N) is 1. The van der Waals surface area contributed by atoms with E-state index in [1.807, 2.05) is 38.4 Å². The number of nitrogens with zero attached hydrogens (tertiary/aromatic N) is 2. The van der Waals surface area contributed by atoms with E-state index in [1.165, 1.54) is 10.6 Å². The van der Waals surface area contributed by atoms with Crippen LogP contribution in [-0.4, -0.2) is 29.5 Å². The van der Waals surface area contributed by atoms with Crippen molar-refractivity contribution in [2.45, 2.75) is 13.1 Å².